The van der Waals surface area contributed by atoms with Crippen LogP contribution < -0.4 is 0 Å². The molecule has 0 saturated carbocycles. The van der Waals surface area contributed by atoms with E-state index >= 15 is 0 Å². The third-order valence-corrected chi connectivity index (χ3v) is 2.61. The second-order valence-corrected chi connectivity index (χ2v) is 3.94. The van der Waals surface area contributed by atoms with Crippen molar-refractivity contribution in [2.75, 3.05) is 5.88 Å². The van der Waals surface area contributed by atoms with E-state index in [1.54, 1.807) is 0 Å². The van der Waals surface area contributed by atoms with Gasteiger partial charge in [0.25, 0.3) is 0 Å². The van der Waals surface area contributed by atoms with E-state index in [0.717, 1.165) is 0 Å². The number of carbonyl (C=O) groups is 1. The molecule has 106 valence electrons. The first-order chi connectivity index (χ1) is 8.57. The van der Waals surface area contributed by atoms with Gasteiger partial charge < -0.3 is 0 Å². The predicted molar refractivity (Wildman–Crippen MR) is 55.9 cm³/mol. The van der Waals surface area contributed by atoms with Gasteiger partial charge in [0.15, 0.2) is 5.78 Å². The molecule has 0 atom stereocenters. The number of Topliss-reactive ketones (excluding diaryl/α,β-unsaturated/α-hetero) is 1. The zero-order valence-electron chi connectivity index (χ0n) is 9.20. The highest BCUT2D eigenvalue weighted by Gasteiger charge is 2.40. The van der Waals surface area contributed by atoms with Crippen molar-refractivity contribution < 1.29 is 31.1 Å². The Morgan fingerprint density at radius 1 is 1.00 bits per heavy atom. The van der Waals surface area contributed by atoms with Crippen molar-refractivity contribution in [1.29, 1.82) is 0 Å². The summed E-state index contributed by atoms with van der Waals surface area (Å²) in [5, 5.41) is 0. The van der Waals surface area contributed by atoms with Crippen LogP contribution in [0.2, 0.25) is 0 Å². The lowest BCUT2D eigenvalue weighted by Crippen LogP contribution is -2.19. The maximum absolute atomic E-state index is 12.7. The van der Waals surface area contributed by atoms with Crippen LogP contribution in [0.1, 0.15) is 16.7 Å². The van der Waals surface area contributed by atoms with E-state index in [1.807, 2.05) is 0 Å². The maximum atomic E-state index is 12.7. The molecule has 0 bridgehead atoms. The average molecular weight is 305 g/mol. The Hall–Kier alpha value is -1.24. The van der Waals surface area contributed by atoms with Crippen LogP contribution in [0.15, 0.2) is 18.2 Å². The minimum atomic E-state index is -4.97. The lowest BCUT2D eigenvalue weighted by molar-refractivity contribution is -0.144. The second kappa shape index (κ2) is 5.40. The molecule has 8 heteroatoms. The van der Waals surface area contributed by atoms with Gasteiger partial charge in [-0.1, -0.05) is 6.07 Å². The summed E-state index contributed by atoms with van der Waals surface area (Å²) in [7, 11) is 0. The van der Waals surface area contributed by atoms with E-state index < -0.39 is 47.1 Å². The van der Waals surface area contributed by atoms with Crippen molar-refractivity contribution in [1.82, 2.24) is 0 Å². The molecule has 0 saturated heterocycles. The highest BCUT2D eigenvalue weighted by atomic mass is 35.5. The molecule has 0 aliphatic carbocycles. The van der Waals surface area contributed by atoms with Gasteiger partial charge in [-0.25, -0.2) is 0 Å². The number of rotatable bonds is 3. The molecule has 0 unspecified atom stereocenters. The summed E-state index contributed by atoms with van der Waals surface area (Å²) in [6.07, 6.45) is -10.9. The zero-order valence-corrected chi connectivity index (χ0v) is 9.96. The summed E-state index contributed by atoms with van der Waals surface area (Å²) in [5.41, 5.74) is -4.03. The van der Waals surface area contributed by atoms with E-state index in [1.165, 1.54) is 0 Å². The van der Waals surface area contributed by atoms with Gasteiger partial charge in [0, 0.05) is 6.42 Å². The summed E-state index contributed by atoms with van der Waals surface area (Å²) in [4.78, 5) is 11.1. The largest absolute Gasteiger partial charge is 0.416 e. The highest BCUT2D eigenvalue weighted by molar-refractivity contribution is 6.27. The Bertz CT molecular complexity index is 445. The fourth-order valence-corrected chi connectivity index (χ4v) is 1.65. The first-order valence-corrected chi connectivity index (χ1v) is 5.44. The van der Waals surface area contributed by atoms with Crippen molar-refractivity contribution in [2.24, 2.45) is 0 Å². The molecule has 0 aromatic heterocycles. The molecular weight excluding hydrogens is 298 g/mol. The molecule has 0 fully saturated rings. The topological polar surface area (TPSA) is 17.1 Å². The minimum Gasteiger partial charge on any atom is -0.298 e. The van der Waals surface area contributed by atoms with E-state index in [2.05, 4.69) is 0 Å². The molecule has 1 aromatic carbocycles. The monoisotopic (exact) mass is 304 g/mol. The molecule has 0 heterocycles. The summed E-state index contributed by atoms with van der Waals surface area (Å²) in [6, 6.07) is 1.67. The summed E-state index contributed by atoms with van der Waals surface area (Å²) in [6.45, 7) is 0. The van der Waals surface area contributed by atoms with Gasteiger partial charge in [-0.05, 0) is 17.7 Å². The molecular formula is C11H7ClF6O. The number of hydrogen-bond donors (Lipinski definition) is 0. The van der Waals surface area contributed by atoms with Gasteiger partial charge in [-0.15, -0.1) is 11.6 Å². The molecule has 1 nitrogen and oxygen atoms in total. The third-order valence-electron chi connectivity index (χ3n) is 2.31. The Kier molecular flexibility index (Phi) is 4.50. The summed E-state index contributed by atoms with van der Waals surface area (Å²) >= 11 is 5.12. The Morgan fingerprint density at radius 3 is 1.74 bits per heavy atom. The van der Waals surface area contributed by atoms with Crippen LogP contribution in [-0.4, -0.2) is 11.7 Å². The van der Waals surface area contributed by atoms with Crippen molar-refractivity contribution in [2.45, 2.75) is 18.8 Å². The van der Waals surface area contributed by atoms with Crippen LogP contribution in [-0.2, 0) is 23.6 Å². The van der Waals surface area contributed by atoms with Gasteiger partial charge in [0.05, 0.1) is 17.0 Å². The SMILES string of the molecule is O=C(CCl)Cc1c(C(F)(F)F)cccc1C(F)(F)F. The maximum Gasteiger partial charge on any atom is 0.416 e. The fourth-order valence-electron chi connectivity index (χ4n) is 1.55. The first kappa shape index (κ1) is 15.8. The molecule has 1 aromatic rings. The molecule has 0 N–H and O–H groups in total. The highest BCUT2D eigenvalue weighted by Crippen LogP contribution is 2.39. The molecule has 0 amide bonds. The van der Waals surface area contributed by atoms with Crippen LogP contribution in [0.25, 0.3) is 0 Å². The molecule has 0 spiro atoms. The Morgan fingerprint density at radius 2 is 1.42 bits per heavy atom. The predicted octanol–water partition coefficient (Wildman–Crippen LogP) is 4.07. The van der Waals surface area contributed by atoms with Crippen LogP contribution in [0, 0.1) is 0 Å². The zero-order chi connectivity index (χ0) is 14.8. The molecule has 19 heavy (non-hydrogen) atoms. The second-order valence-electron chi connectivity index (χ2n) is 3.68. The minimum absolute atomic E-state index is 0.506. The number of carbonyl (C=O) groups excluding carboxylic acids is 1. The van der Waals surface area contributed by atoms with Crippen LogP contribution >= 0.6 is 11.6 Å². The van der Waals surface area contributed by atoms with E-state index in [9.17, 15) is 31.1 Å². The smallest absolute Gasteiger partial charge is 0.298 e. The number of benzene rings is 1. The van der Waals surface area contributed by atoms with Crippen LogP contribution in [0.3, 0.4) is 0 Å². The van der Waals surface area contributed by atoms with E-state index in [-0.39, 0.29) is 0 Å². The standard InChI is InChI=1S/C11H7ClF6O/c12-5-6(19)4-7-8(10(13,14)15)2-1-3-9(7)11(16,17)18/h1-3H,4-5H2. The lowest BCUT2D eigenvalue weighted by atomic mass is 9.96. The van der Waals surface area contributed by atoms with Crippen molar-refractivity contribution in [3.8, 4) is 0 Å². The lowest BCUT2D eigenvalue weighted by Gasteiger charge is -2.17. The molecule has 0 radical (unpaired) electrons. The number of halogens is 7. The number of ketones is 1. The van der Waals surface area contributed by atoms with E-state index in [4.69, 9.17) is 11.6 Å². The van der Waals surface area contributed by atoms with Gasteiger partial charge in [-0.2, -0.15) is 26.3 Å². The van der Waals surface area contributed by atoms with Crippen molar-refractivity contribution in [3.63, 3.8) is 0 Å². The Labute approximate surface area is 109 Å². The van der Waals surface area contributed by atoms with Gasteiger partial charge in [0.1, 0.15) is 0 Å². The summed E-state index contributed by atoms with van der Waals surface area (Å²) < 4.78 is 76.0. The van der Waals surface area contributed by atoms with Crippen LogP contribution in [0.4, 0.5) is 26.3 Å². The van der Waals surface area contributed by atoms with Crippen LogP contribution in [0.5, 0.6) is 0 Å². The average Bonchev–Trinajstić information content (AvgIpc) is 2.26. The number of hydrogen-bond acceptors (Lipinski definition) is 1. The first-order valence-electron chi connectivity index (χ1n) is 4.91. The molecule has 0 aliphatic rings. The van der Waals surface area contributed by atoms with Gasteiger partial charge >= 0.3 is 12.4 Å². The normalized spacial score (nSPS) is 12.6. The summed E-state index contributed by atoms with van der Waals surface area (Å²) in [5.74, 6) is -1.56. The molecule has 0 aliphatic heterocycles. The van der Waals surface area contributed by atoms with Crippen molar-refractivity contribution >= 4 is 17.4 Å². The quantitative estimate of drug-likeness (QED) is 0.607. The fraction of sp³-hybridized carbons (Fsp3) is 0.364. The van der Waals surface area contributed by atoms with Crippen molar-refractivity contribution in [3.05, 3.63) is 34.9 Å². The van der Waals surface area contributed by atoms with E-state index in [0.29, 0.717) is 18.2 Å². The van der Waals surface area contributed by atoms with Gasteiger partial charge in [-0.3, -0.25) is 4.79 Å². The van der Waals surface area contributed by atoms with Gasteiger partial charge in [0.2, 0.25) is 0 Å². The molecule has 1 rings (SSSR count). The number of alkyl halides is 7. The Balaban J connectivity index is 3.45. The third kappa shape index (κ3) is 3.86.